The van der Waals surface area contributed by atoms with Crippen molar-refractivity contribution in [3.05, 3.63) is 41.4 Å². The number of amides is 1. The van der Waals surface area contributed by atoms with Crippen LogP contribution < -0.4 is 5.32 Å². The first-order chi connectivity index (χ1) is 12.1. The van der Waals surface area contributed by atoms with Gasteiger partial charge in [0.1, 0.15) is 0 Å². The number of carbonyl (C=O) groups is 1. The Hall–Kier alpha value is -2.19. The molecule has 130 valence electrons. The quantitative estimate of drug-likeness (QED) is 0.665. The van der Waals surface area contributed by atoms with E-state index in [1.54, 1.807) is 6.20 Å². The van der Waals surface area contributed by atoms with Gasteiger partial charge < -0.3 is 9.88 Å². The first kappa shape index (κ1) is 17.6. The number of anilines is 1. The van der Waals surface area contributed by atoms with E-state index < -0.39 is 0 Å². The highest BCUT2D eigenvalue weighted by Gasteiger charge is 2.21. The van der Waals surface area contributed by atoms with Crippen molar-refractivity contribution in [1.29, 1.82) is 0 Å². The van der Waals surface area contributed by atoms with Gasteiger partial charge in [-0.3, -0.25) is 4.79 Å². The summed E-state index contributed by atoms with van der Waals surface area (Å²) in [6.45, 7) is 6.70. The summed E-state index contributed by atoms with van der Waals surface area (Å²) in [5.41, 5.74) is 2.21. The van der Waals surface area contributed by atoms with Gasteiger partial charge in [0, 0.05) is 23.7 Å². The van der Waals surface area contributed by atoms with Crippen molar-refractivity contribution < 1.29 is 4.79 Å². The van der Waals surface area contributed by atoms with E-state index in [9.17, 15) is 4.79 Å². The van der Waals surface area contributed by atoms with Crippen LogP contribution in [-0.4, -0.2) is 30.9 Å². The molecule has 0 saturated heterocycles. The van der Waals surface area contributed by atoms with Gasteiger partial charge in [-0.2, -0.15) is 0 Å². The molecule has 0 fully saturated rings. The minimum Gasteiger partial charge on any atom is -0.302 e. The van der Waals surface area contributed by atoms with Crippen LogP contribution in [-0.2, 0) is 11.3 Å². The zero-order valence-corrected chi connectivity index (χ0v) is 15.9. The van der Waals surface area contributed by atoms with Crippen molar-refractivity contribution in [2.75, 3.05) is 5.32 Å². The average molecular weight is 374 g/mol. The molecule has 1 N–H and O–H groups in total. The number of thiazole rings is 1. The Kier molecular flexibility index (Phi) is 5.50. The molecule has 0 saturated carbocycles. The van der Waals surface area contributed by atoms with Crippen LogP contribution in [0, 0.1) is 6.92 Å². The predicted octanol–water partition coefficient (Wildman–Crippen LogP) is 3.85. The van der Waals surface area contributed by atoms with Gasteiger partial charge in [0.25, 0.3) is 0 Å². The highest BCUT2D eigenvalue weighted by Crippen LogP contribution is 2.28. The average Bonchev–Trinajstić information content (AvgIpc) is 3.24. The first-order valence-corrected chi connectivity index (χ1v) is 9.72. The SMILES string of the molecule is CCn1c(S[C@@H](C)C(=O)Nc2nccs2)nnc1-c1ccccc1C. The first-order valence-electron chi connectivity index (χ1n) is 7.96. The van der Waals surface area contributed by atoms with E-state index in [-0.39, 0.29) is 11.2 Å². The molecule has 2 aromatic heterocycles. The third kappa shape index (κ3) is 3.91. The maximum absolute atomic E-state index is 12.3. The number of nitrogens with zero attached hydrogens (tertiary/aromatic N) is 4. The molecule has 6 nitrogen and oxygen atoms in total. The number of hydrogen-bond donors (Lipinski definition) is 1. The molecule has 1 amide bonds. The Morgan fingerprint density at radius 2 is 2.16 bits per heavy atom. The van der Waals surface area contributed by atoms with Gasteiger partial charge in [0.2, 0.25) is 5.91 Å². The molecule has 1 aromatic carbocycles. The smallest absolute Gasteiger partial charge is 0.239 e. The molecule has 3 rings (SSSR count). The highest BCUT2D eigenvalue weighted by atomic mass is 32.2. The van der Waals surface area contributed by atoms with Gasteiger partial charge >= 0.3 is 0 Å². The molecular weight excluding hydrogens is 354 g/mol. The molecule has 0 aliphatic carbocycles. The number of benzene rings is 1. The van der Waals surface area contributed by atoms with E-state index in [2.05, 4.69) is 40.4 Å². The molecule has 0 aliphatic rings. The standard InChI is InChI=1S/C17H19N5OS2/c1-4-22-14(13-8-6-5-7-11(13)2)20-21-17(22)25-12(3)15(23)19-16-18-9-10-24-16/h5-10,12H,4H2,1-3H3,(H,18,19,23)/t12-/m0/s1. The zero-order valence-electron chi connectivity index (χ0n) is 14.3. The van der Waals surface area contributed by atoms with Gasteiger partial charge in [-0.1, -0.05) is 36.0 Å². The number of aryl methyl sites for hydroxylation is 1. The van der Waals surface area contributed by atoms with E-state index in [0.717, 1.165) is 28.7 Å². The van der Waals surface area contributed by atoms with Crippen molar-refractivity contribution in [1.82, 2.24) is 19.7 Å². The second-order valence-corrected chi connectivity index (χ2v) is 7.65. The summed E-state index contributed by atoms with van der Waals surface area (Å²) in [7, 11) is 0. The van der Waals surface area contributed by atoms with Crippen molar-refractivity contribution in [2.24, 2.45) is 0 Å². The van der Waals surface area contributed by atoms with Crippen molar-refractivity contribution in [3.63, 3.8) is 0 Å². The topological polar surface area (TPSA) is 72.7 Å². The zero-order chi connectivity index (χ0) is 17.8. The lowest BCUT2D eigenvalue weighted by molar-refractivity contribution is -0.115. The fraction of sp³-hybridized carbons (Fsp3) is 0.294. The van der Waals surface area contributed by atoms with Crippen LogP contribution in [0.2, 0.25) is 0 Å². The summed E-state index contributed by atoms with van der Waals surface area (Å²) in [5, 5.41) is 14.4. The summed E-state index contributed by atoms with van der Waals surface area (Å²) in [6, 6.07) is 8.10. The van der Waals surface area contributed by atoms with E-state index in [0.29, 0.717) is 5.13 Å². The summed E-state index contributed by atoms with van der Waals surface area (Å²) >= 11 is 2.80. The molecule has 0 bridgehead atoms. The van der Waals surface area contributed by atoms with Crippen LogP contribution >= 0.6 is 23.1 Å². The third-order valence-electron chi connectivity index (χ3n) is 3.73. The second-order valence-electron chi connectivity index (χ2n) is 5.45. The molecular formula is C17H19N5OS2. The largest absolute Gasteiger partial charge is 0.302 e. The maximum Gasteiger partial charge on any atom is 0.239 e. The molecule has 0 spiro atoms. The van der Waals surface area contributed by atoms with Gasteiger partial charge in [0.15, 0.2) is 16.1 Å². The lowest BCUT2D eigenvalue weighted by Gasteiger charge is -2.12. The van der Waals surface area contributed by atoms with E-state index in [1.165, 1.54) is 23.1 Å². The minimum atomic E-state index is -0.303. The van der Waals surface area contributed by atoms with E-state index in [4.69, 9.17) is 0 Å². The molecule has 0 aliphatic heterocycles. The minimum absolute atomic E-state index is 0.0944. The molecule has 25 heavy (non-hydrogen) atoms. The lowest BCUT2D eigenvalue weighted by atomic mass is 10.1. The Labute approximate surface area is 154 Å². The van der Waals surface area contributed by atoms with Crippen LogP contribution in [0.4, 0.5) is 5.13 Å². The molecule has 0 radical (unpaired) electrons. The van der Waals surface area contributed by atoms with E-state index >= 15 is 0 Å². The van der Waals surface area contributed by atoms with Gasteiger partial charge in [-0.15, -0.1) is 21.5 Å². The molecule has 0 unspecified atom stereocenters. The fourth-order valence-electron chi connectivity index (χ4n) is 2.39. The molecule has 1 atom stereocenters. The number of hydrogen-bond acceptors (Lipinski definition) is 6. The molecule has 3 aromatic rings. The summed E-state index contributed by atoms with van der Waals surface area (Å²) in [6.07, 6.45) is 1.67. The second kappa shape index (κ2) is 7.79. The third-order valence-corrected chi connectivity index (χ3v) is 5.50. The maximum atomic E-state index is 12.3. The Morgan fingerprint density at radius 3 is 2.84 bits per heavy atom. The fourth-order valence-corrected chi connectivity index (χ4v) is 3.83. The van der Waals surface area contributed by atoms with Gasteiger partial charge in [0.05, 0.1) is 5.25 Å². The van der Waals surface area contributed by atoms with Crippen molar-refractivity contribution >= 4 is 34.1 Å². The normalized spacial score (nSPS) is 12.1. The number of carbonyl (C=O) groups excluding carboxylic acids is 1. The summed E-state index contributed by atoms with van der Waals surface area (Å²) in [4.78, 5) is 16.4. The molecule has 2 heterocycles. The molecule has 8 heteroatoms. The van der Waals surface area contributed by atoms with Crippen LogP contribution in [0.25, 0.3) is 11.4 Å². The van der Waals surface area contributed by atoms with Crippen molar-refractivity contribution in [3.8, 4) is 11.4 Å². The van der Waals surface area contributed by atoms with Gasteiger partial charge in [-0.05, 0) is 26.3 Å². The predicted molar refractivity (Wildman–Crippen MR) is 102 cm³/mol. The number of rotatable bonds is 6. The number of thioether (sulfide) groups is 1. The van der Waals surface area contributed by atoms with Crippen LogP contribution in [0.3, 0.4) is 0 Å². The Morgan fingerprint density at radius 1 is 1.36 bits per heavy atom. The lowest BCUT2D eigenvalue weighted by Crippen LogP contribution is -2.22. The van der Waals surface area contributed by atoms with Crippen LogP contribution in [0.15, 0.2) is 41.0 Å². The number of nitrogens with one attached hydrogen (secondary N) is 1. The van der Waals surface area contributed by atoms with Crippen molar-refractivity contribution in [2.45, 2.75) is 37.7 Å². The van der Waals surface area contributed by atoms with Gasteiger partial charge in [-0.25, -0.2) is 4.98 Å². The van der Waals surface area contributed by atoms with Crippen LogP contribution in [0.1, 0.15) is 19.4 Å². The summed E-state index contributed by atoms with van der Waals surface area (Å²) < 4.78 is 2.04. The summed E-state index contributed by atoms with van der Waals surface area (Å²) in [5.74, 6) is 0.735. The Balaban J connectivity index is 1.79. The monoisotopic (exact) mass is 373 g/mol. The highest BCUT2D eigenvalue weighted by molar-refractivity contribution is 8.00. The van der Waals surface area contributed by atoms with Crippen LogP contribution in [0.5, 0.6) is 0 Å². The number of aromatic nitrogens is 4. The van der Waals surface area contributed by atoms with E-state index in [1.807, 2.05) is 35.1 Å². The Bertz CT molecular complexity index is 860.